The van der Waals surface area contributed by atoms with Crippen molar-refractivity contribution in [2.75, 3.05) is 78.5 Å². The molecule has 1 heterocycles. The molecule has 2 aromatic rings. The number of carboxylic acid groups (broad SMARTS) is 6. The first-order chi connectivity index (χ1) is 37.5. The second-order valence-electron chi connectivity index (χ2n) is 19.4. The number of Topliss-reactive ketones (excluding diaryl/α,β-unsaturated/α-hetero) is 2. The molecule has 0 aromatic heterocycles. The van der Waals surface area contributed by atoms with Gasteiger partial charge >= 0.3 is 41.8 Å². The Bertz CT molecular complexity index is 2350. The largest absolute Gasteiger partial charge is 0.481 e. The van der Waals surface area contributed by atoms with Gasteiger partial charge in [-0.05, 0) is 97.7 Å². The van der Waals surface area contributed by atoms with Crippen LogP contribution in [-0.2, 0) is 56.2 Å². The first kappa shape index (κ1) is 66.7. The average molecular weight is 1220 g/mol. The standard InChI is InChI=1S/C53H75IN8O17/c1-36(63)41(18-21-47(67)68)56-53(79)57-42(51(75)76)7-5-6-22-62(32-38-12-16-40(54)17-13-38)46(66)9-4-2-3-8-44(64)39-14-10-37(11-15-39)31-55-45(65)20-19-43(52(77)78)61-29-27-59(34-49(71)72)25-23-58(33-48(69)70)24-26-60(28-30-61)35-50(73)74/h10-17,41-43H,2-9,18-35H2,1H3,(H,55,65)(H,67,68)(H,69,70)(H,71,72)(H,73,74)(H,75,76)(H,77,78)(H2,56,57,79)/t41-,42-,43?/m1/s1. The summed E-state index contributed by atoms with van der Waals surface area (Å²) in [4.78, 5) is 143. The lowest BCUT2D eigenvalue weighted by atomic mass is 10.0. The van der Waals surface area contributed by atoms with Crippen molar-refractivity contribution in [1.82, 2.24) is 40.4 Å². The van der Waals surface area contributed by atoms with E-state index in [0.717, 1.165) is 9.13 Å². The fourth-order valence-corrected chi connectivity index (χ4v) is 9.15. The average Bonchev–Trinajstić information content (AvgIpc) is 3.37. The SMILES string of the molecule is CC(=O)[C@@H](CCC(=O)O)NC(=O)N[C@H](CCCCN(Cc1ccc(I)cc1)C(=O)CCCCCC(=O)c1ccc(CNC(=O)CCC(C(=O)O)N2CCN(CC(=O)O)CCN(CC(=O)O)CCN(CC(=O)O)CC2)cc1)C(=O)O. The van der Waals surface area contributed by atoms with Crippen molar-refractivity contribution in [3.63, 3.8) is 0 Å². The normalized spacial score (nSPS) is 15.2. The van der Waals surface area contributed by atoms with Crippen molar-refractivity contribution in [3.8, 4) is 0 Å². The van der Waals surface area contributed by atoms with Gasteiger partial charge in [-0.3, -0.25) is 62.8 Å². The maximum Gasteiger partial charge on any atom is 0.326 e. The molecule has 0 aliphatic carbocycles. The number of nitrogens with zero attached hydrogens (tertiary/aromatic N) is 5. The molecule has 0 bridgehead atoms. The molecule has 1 saturated heterocycles. The number of nitrogens with one attached hydrogen (secondary N) is 3. The first-order valence-electron chi connectivity index (χ1n) is 26.2. The van der Waals surface area contributed by atoms with Crippen LogP contribution < -0.4 is 16.0 Å². The van der Waals surface area contributed by atoms with Gasteiger partial charge in [-0.25, -0.2) is 9.59 Å². The maximum atomic E-state index is 13.6. The van der Waals surface area contributed by atoms with Gasteiger partial charge < -0.3 is 51.5 Å². The van der Waals surface area contributed by atoms with E-state index in [9.17, 15) is 78.3 Å². The molecule has 2 aromatic carbocycles. The number of amides is 4. The summed E-state index contributed by atoms with van der Waals surface area (Å²) in [5.41, 5.74) is 2.05. The summed E-state index contributed by atoms with van der Waals surface area (Å²) in [6, 6.07) is 9.90. The van der Waals surface area contributed by atoms with Gasteiger partial charge in [0.15, 0.2) is 11.6 Å². The van der Waals surface area contributed by atoms with Gasteiger partial charge in [0.05, 0.1) is 25.7 Å². The fraction of sp³-hybridized carbons (Fsp3) is 0.566. The van der Waals surface area contributed by atoms with Crippen LogP contribution in [0.4, 0.5) is 4.79 Å². The minimum atomic E-state index is -1.30. The summed E-state index contributed by atoms with van der Waals surface area (Å²) in [5.74, 6) is -8.12. The Hall–Kier alpha value is -6.62. The molecule has 1 fully saturated rings. The Morgan fingerprint density at radius 3 is 1.57 bits per heavy atom. The van der Waals surface area contributed by atoms with Gasteiger partial charge in [-0.15, -0.1) is 0 Å². The van der Waals surface area contributed by atoms with Crippen molar-refractivity contribution in [3.05, 3.63) is 68.8 Å². The summed E-state index contributed by atoms with van der Waals surface area (Å²) in [6.45, 7) is 1.90. The summed E-state index contributed by atoms with van der Waals surface area (Å²) in [6.07, 6.45) is 2.06. The second kappa shape index (κ2) is 35.8. The Morgan fingerprint density at radius 1 is 0.544 bits per heavy atom. The van der Waals surface area contributed by atoms with Crippen LogP contribution in [0.15, 0.2) is 48.5 Å². The number of hydrogen-bond donors (Lipinski definition) is 9. The van der Waals surface area contributed by atoms with E-state index >= 15 is 0 Å². The lowest BCUT2D eigenvalue weighted by Gasteiger charge is -2.35. The van der Waals surface area contributed by atoms with E-state index in [0.29, 0.717) is 56.3 Å². The zero-order valence-electron chi connectivity index (χ0n) is 44.5. The van der Waals surface area contributed by atoms with E-state index in [2.05, 4.69) is 38.5 Å². The van der Waals surface area contributed by atoms with E-state index in [-0.39, 0.29) is 135 Å². The number of benzene rings is 2. The van der Waals surface area contributed by atoms with E-state index in [4.69, 9.17) is 5.11 Å². The minimum absolute atomic E-state index is 0.0303. The Morgan fingerprint density at radius 2 is 1.06 bits per heavy atom. The zero-order chi connectivity index (χ0) is 58.4. The Balaban J connectivity index is 1.49. The van der Waals surface area contributed by atoms with Gasteiger partial charge in [0, 0.05) is 107 Å². The third kappa shape index (κ3) is 27.7. The Kier molecular flexibility index (Phi) is 30.2. The molecule has 0 radical (unpaired) electrons. The molecule has 26 heteroatoms. The number of ketones is 2. The van der Waals surface area contributed by atoms with Crippen LogP contribution in [0.25, 0.3) is 0 Å². The molecule has 9 N–H and O–H groups in total. The van der Waals surface area contributed by atoms with Crippen molar-refractivity contribution >= 4 is 87.8 Å². The van der Waals surface area contributed by atoms with Gasteiger partial charge in [-0.2, -0.15) is 0 Å². The number of unbranched alkanes of at least 4 members (excludes halogenated alkanes) is 3. The Labute approximate surface area is 472 Å². The van der Waals surface area contributed by atoms with Crippen molar-refractivity contribution in [1.29, 1.82) is 0 Å². The van der Waals surface area contributed by atoms with E-state index in [1.165, 1.54) is 6.92 Å². The second-order valence-corrected chi connectivity index (χ2v) is 20.7. The molecule has 436 valence electrons. The predicted molar refractivity (Wildman–Crippen MR) is 293 cm³/mol. The van der Waals surface area contributed by atoms with Crippen molar-refractivity contribution in [2.24, 2.45) is 0 Å². The summed E-state index contributed by atoms with van der Waals surface area (Å²) >= 11 is 2.18. The topological polar surface area (TPSA) is 361 Å². The number of carbonyl (C=O) groups is 11. The van der Waals surface area contributed by atoms with Gasteiger partial charge in [0.2, 0.25) is 11.8 Å². The number of rotatable bonds is 34. The van der Waals surface area contributed by atoms with Crippen LogP contribution in [0.1, 0.15) is 105 Å². The van der Waals surface area contributed by atoms with Crippen molar-refractivity contribution < 1.29 is 83.4 Å². The first-order valence-corrected chi connectivity index (χ1v) is 27.3. The van der Waals surface area contributed by atoms with Crippen LogP contribution in [0.5, 0.6) is 0 Å². The third-order valence-corrected chi connectivity index (χ3v) is 14.0. The smallest absolute Gasteiger partial charge is 0.326 e. The molecule has 1 aliphatic rings. The molecular formula is C53H75IN8O17. The molecule has 3 atom stereocenters. The highest BCUT2D eigenvalue weighted by molar-refractivity contribution is 14.1. The number of hydrogen-bond acceptors (Lipinski definition) is 15. The minimum Gasteiger partial charge on any atom is -0.481 e. The van der Waals surface area contributed by atoms with Crippen LogP contribution in [-0.4, -0.2) is 217 Å². The molecule has 79 heavy (non-hydrogen) atoms. The van der Waals surface area contributed by atoms with E-state index in [1.54, 1.807) is 48.8 Å². The number of halogens is 1. The third-order valence-electron chi connectivity index (χ3n) is 13.2. The van der Waals surface area contributed by atoms with Gasteiger partial charge in [0.1, 0.15) is 12.1 Å². The van der Waals surface area contributed by atoms with Crippen molar-refractivity contribution in [2.45, 2.75) is 115 Å². The number of carbonyl (C=O) groups excluding carboxylic acids is 5. The monoisotopic (exact) mass is 1220 g/mol. The number of carboxylic acids is 6. The van der Waals surface area contributed by atoms with Gasteiger partial charge in [-0.1, -0.05) is 42.8 Å². The van der Waals surface area contributed by atoms with Gasteiger partial charge in [0.25, 0.3) is 0 Å². The highest BCUT2D eigenvalue weighted by Gasteiger charge is 2.29. The van der Waals surface area contributed by atoms with E-state index < -0.39 is 71.7 Å². The number of urea groups is 1. The van der Waals surface area contributed by atoms with Crippen LogP contribution in [0, 0.1) is 3.57 Å². The predicted octanol–water partition coefficient (Wildman–Crippen LogP) is 2.52. The molecule has 1 unspecified atom stereocenters. The van der Waals surface area contributed by atoms with E-state index in [1.807, 2.05) is 24.3 Å². The summed E-state index contributed by atoms with van der Waals surface area (Å²) < 4.78 is 1.02. The summed E-state index contributed by atoms with van der Waals surface area (Å²) in [5, 5.41) is 65.0. The number of aliphatic carboxylic acids is 6. The zero-order valence-corrected chi connectivity index (χ0v) is 46.7. The highest BCUT2D eigenvalue weighted by Crippen LogP contribution is 2.17. The quantitative estimate of drug-likeness (QED) is 0.0276. The van der Waals surface area contributed by atoms with Crippen LogP contribution in [0.3, 0.4) is 0 Å². The molecule has 1 aliphatic heterocycles. The molecule has 0 saturated carbocycles. The van der Waals surface area contributed by atoms with Crippen LogP contribution in [0.2, 0.25) is 0 Å². The highest BCUT2D eigenvalue weighted by atomic mass is 127. The molecular weight excluding hydrogens is 1150 g/mol. The molecule has 0 spiro atoms. The maximum absolute atomic E-state index is 13.6. The lowest BCUT2D eigenvalue weighted by molar-refractivity contribution is -0.145. The fourth-order valence-electron chi connectivity index (χ4n) is 8.79. The molecule has 4 amide bonds. The summed E-state index contributed by atoms with van der Waals surface area (Å²) in [7, 11) is 0. The molecule has 3 rings (SSSR count). The lowest BCUT2D eigenvalue weighted by Crippen LogP contribution is -2.52. The molecule has 25 nitrogen and oxygen atoms in total. The van der Waals surface area contributed by atoms with Crippen LogP contribution >= 0.6 is 22.6 Å².